The predicted molar refractivity (Wildman–Crippen MR) is 119 cm³/mol. The molecule has 0 unspecified atom stereocenters. The first kappa shape index (κ1) is 21.2. The Hall–Kier alpha value is -1.48. The summed E-state index contributed by atoms with van der Waals surface area (Å²) in [5.41, 5.74) is 1.38. The van der Waals surface area contributed by atoms with Gasteiger partial charge in [0.2, 0.25) is 0 Å². The lowest BCUT2D eigenvalue weighted by Gasteiger charge is -2.11. The van der Waals surface area contributed by atoms with E-state index in [4.69, 9.17) is 4.74 Å². The van der Waals surface area contributed by atoms with Crippen LogP contribution < -0.4 is 4.74 Å². The van der Waals surface area contributed by atoms with Gasteiger partial charge >= 0.3 is 0 Å². The van der Waals surface area contributed by atoms with E-state index < -0.39 is 10.0 Å². The summed E-state index contributed by atoms with van der Waals surface area (Å²) in [6, 6.07) is 12.2. The first-order valence-electron chi connectivity index (χ1n) is 8.73. The van der Waals surface area contributed by atoms with Gasteiger partial charge in [0.15, 0.2) is 0 Å². The van der Waals surface area contributed by atoms with Gasteiger partial charge in [0, 0.05) is 32.7 Å². The van der Waals surface area contributed by atoms with E-state index in [9.17, 15) is 8.42 Å². The molecule has 3 rings (SSSR count). The summed E-state index contributed by atoms with van der Waals surface area (Å²) in [4.78, 5) is 3.34. The molecule has 0 aliphatic carbocycles. The molecule has 0 aliphatic heterocycles. The number of aromatic nitrogens is 1. The Morgan fingerprint density at radius 3 is 2.43 bits per heavy atom. The molecule has 28 heavy (non-hydrogen) atoms. The van der Waals surface area contributed by atoms with Crippen molar-refractivity contribution >= 4 is 48.6 Å². The molecule has 5 nitrogen and oxygen atoms in total. The van der Waals surface area contributed by atoms with Crippen molar-refractivity contribution in [1.29, 1.82) is 0 Å². The van der Waals surface area contributed by atoms with Crippen LogP contribution >= 0.6 is 27.7 Å². The normalized spacial score (nSPS) is 12.1. The average Bonchev–Trinajstić information content (AvgIpc) is 2.93. The number of halogens is 1. The molecule has 150 valence electrons. The van der Waals surface area contributed by atoms with Gasteiger partial charge in [0.05, 0.1) is 17.5 Å². The van der Waals surface area contributed by atoms with Crippen LogP contribution in [0.5, 0.6) is 5.75 Å². The second-order valence-corrected chi connectivity index (χ2v) is 10.5. The zero-order chi connectivity index (χ0) is 20.5. The number of thioether (sulfide) groups is 1. The molecule has 0 N–H and O–H groups in total. The van der Waals surface area contributed by atoms with Crippen LogP contribution in [-0.4, -0.2) is 50.8 Å². The summed E-state index contributed by atoms with van der Waals surface area (Å²) >= 11 is 5.03. The van der Waals surface area contributed by atoms with Crippen LogP contribution in [0.4, 0.5) is 0 Å². The minimum atomic E-state index is -3.72. The summed E-state index contributed by atoms with van der Waals surface area (Å²) in [6.07, 6.45) is 0. The molecular weight excluding hydrogens is 460 g/mol. The lowest BCUT2D eigenvalue weighted by molar-refractivity contribution is 0.415. The molecule has 0 spiro atoms. The standard InChI is InChI=1S/C20H23BrN2O3S2/c1-14-20(27-12-11-22(2)3)18-13-16(26-4)7-10-19(18)23(14)28(24,25)17-8-5-15(21)6-9-17/h5-10,13H,11-12H2,1-4H3. The second kappa shape index (κ2) is 8.49. The van der Waals surface area contributed by atoms with Gasteiger partial charge in [-0.3, -0.25) is 0 Å². The molecule has 0 saturated heterocycles. The molecule has 1 heterocycles. The maximum atomic E-state index is 13.4. The highest BCUT2D eigenvalue weighted by atomic mass is 79.9. The molecule has 0 amide bonds. The number of nitrogens with zero attached hydrogens (tertiary/aromatic N) is 2. The highest BCUT2D eigenvalue weighted by molar-refractivity contribution is 9.10. The van der Waals surface area contributed by atoms with Gasteiger partial charge < -0.3 is 9.64 Å². The second-order valence-electron chi connectivity index (χ2n) is 6.67. The van der Waals surface area contributed by atoms with Gasteiger partial charge in [-0.05, 0) is 63.5 Å². The summed E-state index contributed by atoms with van der Waals surface area (Å²) in [7, 11) is 1.94. The van der Waals surface area contributed by atoms with Crippen LogP contribution in [-0.2, 0) is 10.0 Å². The number of benzene rings is 2. The fourth-order valence-electron chi connectivity index (χ4n) is 3.00. The Kier molecular flexibility index (Phi) is 6.44. The summed E-state index contributed by atoms with van der Waals surface area (Å²) in [6.45, 7) is 2.76. The average molecular weight is 483 g/mol. The lowest BCUT2D eigenvalue weighted by Crippen LogP contribution is -2.15. The van der Waals surface area contributed by atoms with Gasteiger partial charge in [-0.2, -0.15) is 0 Å². The quantitative estimate of drug-likeness (QED) is 0.460. The molecule has 1 aromatic heterocycles. The molecule has 0 radical (unpaired) electrons. The van der Waals surface area contributed by atoms with Crippen LogP contribution in [0.2, 0.25) is 0 Å². The van der Waals surface area contributed by atoms with E-state index in [0.717, 1.165) is 32.7 Å². The zero-order valence-electron chi connectivity index (χ0n) is 16.3. The molecule has 0 atom stereocenters. The topological polar surface area (TPSA) is 51.5 Å². The smallest absolute Gasteiger partial charge is 0.268 e. The Labute approximate surface area is 178 Å². The third kappa shape index (κ3) is 4.10. The molecule has 3 aromatic rings. The molecular formula is C20H23BrN2O3S2. The Morgan fingerprint density at radius 2 is 1.82 bits per heavy atom. The van der Waals surface area contributed by atoms with Crippen molar-refractivity contribution in [3.05, 3.63) is 52.6 Å². The van der Waals surface area contributed by atoms with Crippen LogP contribution in [0.1, 0.15) is 5.69 Å². The van der Waals surface area contributed by atoms with Gasteiger partial charge in [0.1, 0.15) is 5.75 Å². The van der Waals surface area contributed by atoms with Gasteiger partial charge in [-0.1, -0.05) is 15.9 Å². The van der Waals surface area contributed by atoms with E-state index in [1.54, 1.807) is 49.2 Å². The highest BCUT2D eigenvalue weighted by Crippen LogP contribution is 2.38. The lowest BCUT2D eigenvalue weighted by atomic mass is 10.2. The van der Waals surface area contributed by atoms with Gasteiger partial charge in [0.25, 0.3) is 10.0 Å². The van der Waals surface area contributed by atoms with Gasteiger partial charge in [-0.15, -0.1) is 11.8 Å². The summed E-state index contributed by atoms with van der Waals surface area (Å²) in [5, 5.41) is 0.890. The van der Waals surface area contributed by atoms with Crippen molar-refractivity contribution in [2.75, 3.05) is 33.5 Å². The number of methoxy groups -OCH3 is 1. The van der Waals surface area contributed by atoms with Crippen molar-refractivity contribution < 1.29 is 13.2 Å². The SMILES string of the molecule is COc1ccc2c(c1)c(SCCN(C)C)c(C)n2S(=O)(=O)c1ccc(Br)cc1. The minimum Gasteiger partial charge on any atom is -0.497 e. The third-order valence-electron chi connectivity index (χ3n) is 4.44. The highest BCUT2D eigenvalue weighted by Gasteiger charge is 2.25. The number of hydrogen-bond acceptors (Lipinski definition) is 5. The summed E-state index contributed by atoms with van der Waals surface area (Å²) < 4.78 is 34.5. The maximum absolute atomic E-state index is 13.4. The summed E-state index contributed by atoms with van der Waals surface area (Å²) in [5.74, 6) is 1.57. The van der Waals surface area contributed by atoms with Crippen molar-refractivity contribution in [3.8, 4) is 5.75 Å². The molecule has 0 fully saturated rings. The number of hydrogen-bond donors (Lipinski definition) is 0. The Balaban J connectivity index is 2.19. The van der Waals surface area contributed by atoms with Crippen LogP contribution in [0.25, 0.3) is 10.9 Å². The molecule has 0 bridgehead atoms. The molecule has 2 aromatic carbocycles. The largest absolute Gasteiger partial charge is 0.497 e. The van der Waals surface area contributed by atoms with Crippen LogP contribution in [0.3, 0.4) is 0 Å². The third-order valence-corrected chi connectivity index (χ3v) is 7.98. The van der Waals surface area contributed by atoms with Crippen molar-refractivity contribution in [2.24, 2.45) is 0 Å². The van der Waals surface area contributed by atoms with Crippen molar-refractivity contribution in [1.82, 2.24) is 8.87 Å². The monoisotopic (exact) mass is 482 g/mol. The van der Waals surface area contributed by atoms with Crippen LogP contribution in [0, 0.1) is 6.92 Å². The number of ether oxygens (including phenoxy) is 1. The van der Waals surface area contributed by atoms with Crippen LogP contribution in [0.15, 0.2) is 56.7 Å². The number of rotatable bonds is 7. The minimum absolute atomic E-state index is 0.261. The maximum Gasteiger partial charge on any atom is 0.268 e. The first-order chi connectivity index (χ1) is 13.3. The van der Waals surface area contributed by atoms with E-state index in [1.165, 1.54) is 3.97 Å². The van der Waals surface area contributed by atoms with E-state index in [0.29, 0.717) is 11.3 Å². The van der Waals surface area contributed by atoms with E-state index in [-0.39, 0.29) is 4.90 Å². The number of fused-ring (bicyclic) bond motifs is 1. The van der Waals surface area contributed by atoms with E-state index in [2.05, 4.69) is 20.8 Å². The van der Waals surface area contributed by atoms with Crippen molar-refractivity contribution in [2.45, 2.75) is 16.7 Å². The first-order valence-corrected chi connectivity index (χ1v) is 12.0. The fourth-order valence-corrected chi connectivity index (χ4v) is 6.17. The van der Waals surface area contributed by atoms with Gasteiger partial charge in [-0.25, -0.2) is 12.4 Å². The van der Waals surface area contributed by atoms with E-state index >= 15 is 0 Å². The Bertz CT molecular complexity index is 1090. The predicted octanol–water partition coefficient (Wildman–Crippen LogP) is 4.61. The van der Waals surface area contributed by atoms with E-state index in [1.807, 2.05) is 33.2 Å². The Morgan fingerprint density at radius 1 is 1.14 bits per heavy atom. The molecule has 0 saturated carbocycles. The zero-order valence-corrected chi connectivity index (χ0v) is 19.5. The molecule has 8 heteroatoms. The van der Waals surface area contributed by atoms with Crippen molar-refractivity contribution in [3.63, 3.8) is 0 Å². The fraction of sp³-hybridized carbons (Fsp3) is 0.300. The molecule has 0 aliphatic rings.